The molecular formula is C70H86N30O24. The minimum absolute atomic E-state index is 0.0870. The third-order valence-electron chi connectivity index (χ3n) is 25.8. The summed E-state index contributed by atoms with van der Waals surface area (Å²) >= 11 is 0. The highest BCUT2D eigenvalue weighted by molar-refractivity contribution is 5.85. The van der Waals surface area contributed by atoms with Gasteiger partial charge in [-0.25, -0.2) is 89.7 Å². The van der Waals surface area contributed by atoms with Crippen LogP contribution >= 0.6 is 0 Å². The Morgan fingerprint density at radius 1 is 0.242 bits per heavy atom. The molecule has 0 bridgehead atoms. The number of imidazole rings is 6. The van der Waals surface area contributed by atoms with Crippen molar-refractivity contribution in [2.75, 3.05) is 60.8 Å². The van der Waals surface area contributed by atoms with E-state index in [0.717, 1.165) is 0 Å². The van der Waals surface area contributed by atoms with Gasteiger partial charge in [0.05, 0.1) is 50.2 Å². The van der Waals surface area contributed by atoms with Gasteiger partial charge in [0.1, 0.15) is 178 Å². The molecule has 30 atom stereocenters. The van der Waals surface area contributed by atoms with Gasteiger partial charge in [0.25, 0.3) is 0 Å². The van der Waals surface area contributed by atoms with Crippen LogP contribution < -0.4 is 34.4 Å². The predicted octanol–water partition coefficient (Wildman–Crippen LogP) is -10.0. The molecule has 660 valence electrons. The number of aliphatic hydroxyl groups excluding tert-OH is 18. The van der Waals surface area contributed by atoms with Gasteiger partial charge in [0.15, 0.2) is 106 Å². The molecule has 6 unspecified atom stereocenters. The third kappa shape index (κ3) is 12.6. The number of fused-ring (bicyclic) bond motifs is 6. The van der Waals surface area contributed by atoms with Crippen LogP contribution in [0.4, 0.5) is 34.9 Å². The molecule has 6 spiro atoms. The summed E-state index contributed by atoms with van der Waals surface area (Å²) in [5.41, 5.74) is 33.6. The maximum Gasteiger partial charge on any atom is 0.167 e. The Kier molecular flexibility index (Phi) is 20.0. The van der Waals surface area contributed by atoms with Gasteiger partial charge in [0.2, 0.25) is 0 Å². The number of anilines is 6. The first-order valence-electron chi connectivity index (χ1n) is 39.0. The second-order valence-electron chi connectivity index (χ2n) is 32.7. The number of ether oxygens (including phenoxy) is 6. The van der Waals surface area contributed by atoms with Gasteiger partial charge in [-0.1, -0.05) is 0 Å². The number of aliphatic hydroxyl groups is 18. The molecule has 6 saturated heterocycles. The van der Waals surface area contributed by atoms with E-state index < -0.39 is 156 Å². The zero-order valence-corrected chi connectivity index (χ0v) is 64.6. The van der Waals surface area contributed by atoms with Crippen molar-refractivity contribution in [3.8, 4) is 0 Å². The molecule has 124 heavy (non-hydrogen) atoms. The largest absolute Gasteiger partial charge is 0.396 e. The average Bonchev–Trinajstić information content (AvgIpc) is 1.56. The fourth-order valence-corrected chi connectivity index (χ4v) is 18.1. The van der Waals surface area contributed by atoms with E-state index >= 15 is 0 Å². The summed E-state index contributed by atoms with van der Waals surface area (Å²) < 4.78 is 43.8. The van der Waals surface area contributed by atoms with Crippen molar-refractivity contribution in [3.63, 3.8) is 0 Å². The normalized spacial score (nSPS) is 38.9. The molecule has 12 aromatic heterocycles. The zero-order valence-electron chi connectivity index (χ0n) is 64.6. The van der Waals surface area contributed by atoms with E-state index in [1.807, 2.05) is 0 Å². The monoisotopic (exact) mass is 1730 g/mol. The smallest absolute Gasteiger partial charge is 0.167 e. The van der Waals surface area contributed by atoms with Crippen molar-refractivity contribution in [2.24, 2.45) is 23.7 Å². The van der Waals surface area contributed by atoms with E-state index in [-0.39, 0.29) is 85.0 Å². The second kappa shape index (κ2) is 29.9. The number of nitrogen functional groups attached to an aromatic ring is 6. The van der Waals surface area contributed by atoms with Crippen LogP contribution in [0.5, 0.6) is 0 Å². The Morgan fingerprint density at radius 3 is 0.532 bits per heavy atom. The predicted molar refractivity (Wildman–Crippen MR) is 410 cm³/mol. The molecule has 0 radical (unpaired) electrons. The van der Waals surface area contributed by atoms with Crippen LogP contribution in [0.3, 0.4) is 0 Å². The van der Waals surface area contributed by atoms with Crippen molar-refractivity contribution in [2.45, 2.75) is 195 Å². The Labute approximate surface area is 692 Å². The molecule has 12 aliphatic rings. The topological polar surface area (TPSA) is 837 Å². The van der Waals surface area contributed by atoms with E-state index in [4.69, 9.17) is 62.8 Å². The quantitative estimate of drug-likeness (QED) is 0.0604. The second-order valence-corrected chi connectivity index (χ2v) is 32.7. The molecule has 24 rings (SSSR count). The highest BCUT2D eigenvalue weighted by Gasteiger charge is 2.74. The minimum Gasteiger partial charge on any atom is -0.396 e. The molecule has 54 nitrogen and oxygen atoms in total. The number of aromatic nitrogens is 24. The highest BCUT2D eigenvalue weighted by Crippen LogP contribution is 2.62. The SMILES string of the molecule is Nc1ncnc2c1ncn2[C@@H]1O[C@@]2(C[C@@H]2CO)C(O)[C@@H]1O.Nc1ncnc2c1ncn2[C@@H]1O[C@@]2(C[C@H]2CO)C(O)[C@@H]1O.Nc1ncnc2c1ncn2[C@@H]1O[C@]2(C[C@@H]2CO)C(O)[C@@H]1O.Nc1ncnc2c1ncn2[C@@H]1O[C@]2(C[C@@H]2O)C(O)[C@@H]1O.Nc1ncnc2c1ncn2[C@@H]1O[C@]2(C[C@H]2CO)C(O)[C@@H]1O.Nc1ncnc2c1ncn2[C@@H]1O[C@]2(C[C@H]2O)C(O)[C@@H]1O. The highest BCUT2D eigenvalue weighted by atomic mass is 16.6. The van der Waals surface area contributed by atoms with Gasteiger partial charge in [-0.3, -0.25) is 27.4 Å². The van der Waals surface area contributed by atoms with Crippen LogP contribution in [-0.2, 0) is 28.4 Å². The maximum absolute atomic E-state index is 10.3. The van der Waals surface area contributed by atoms with Gasteiger partial charge in [-0.2, -0.15) is 0 Å². The zero-order chi connectivity index (χ0) is 87.2. The number of nitrogens with two attached hydrogens (primary N) is 6. The van der Waals surface area contributed by atoms with Crippen molar-refractivity contribution < 1.29 is 120 Å². The molecule has 6 aliphatic heterocycles. The van der Waals surface area contributed by atoms with E-state index in [0.29, 0.717) is 106 Å². The molecule has 6 saturated carbocycles. The Hall–Kier alpha value is -10.9. The summed E-state index contributed by atoms with van der Waals surface area (Å²) in [5.74, 6) is 0.738. The van der Waals surface area contributed by atoms with Crippen LogP contribution in [0, 0.1) is 23.7 Å². The van der Waals surface area contributed by atoms with E-state index in [1.54, 1.807) is 0 Å². The lowest BCUT2D eigenvalue weighted by molar-refractivity contribution is -0.0633. The fraction of sp³-hybridized carbons (Fsp3) is 0.571. The molecule has 0 aromatic carbocycles. The fourth-order valence-electron chi connectivity index (χ4n) is 18.1. The third-order valence-corrected chi connectivity index (χ3v) is 25.8. The van der Waals surface area contributed by atoms with Crippen LogP contribution in [0.15, 0.2) is 75.9 Å². The number of hydrogen-bond acceptors (Lipinski definition) is 48. The molecule has 6 aliphatic carbocycles. The van der Waals surface area contributed by atoms with Crippen LogP contribution in [0.25, 0.3) is 67.0 Å². The average molecular weight is 1730 g/mol. The Bertz CT molecular complexity index is 5460. The molecule has 18 heterocycles. The van der Waals surface area contributed by atoms with Gasteiger partial charge in [-0.15, -0.1) is 0 Å². The maximum atomic E-state index is 10.3. The lowest BCUT2D eigenvalue weighted by atomic mass is 10.1. The summed E-state index contributed by atoms with van der Waals surface area (Å²) in [5, 5.41) is 178. The Morgan fingerprint density at radius 2 is 0.395 bits per heavy atom. The summed E-state index contributed by atoms with van der Waals surface area (Å²) in [6.45, 7) is -0.348. The minimum atomic E-state index is -1.18. The van der Waals surface area contributed by atoms with Crippen molar-refractivity contribution in [1.82, 2.24) is 117 Å². The summed E-state index contributed by atoms with van der Waals surface area (Å²) in [6.07, 6.45) is -0.921. The van der Waals surface area contributed by atoms with Gasteiger partial charge in [-0.05, 0) is 25.7 Å². The molecule has 0 amide bonds. The number of hydrogen-bond donors (Lipinski definition) is 24. The molecule has 12 aromatic rings. The van der Waals surface area contributed by atoms with Crippen molar-refractivity contribution >= 4 is 102 Å². The molecule has 12 fully saturated rings. The molecule has 30 N–H and O–H groups in total. The first kappa shape index (κ1) is 82.7. The lowest BCUT2D eigenvalue weighted by Crippen LogP contribution is -2.34. The van der Waals surface area contributed by atoms with Gasteiger partial charge >= 0.3 is 0 Å². The van der Waals surface area contributed by atoms with Crippen LogP contribution in [0.1, 0.15) is 75.9 Å². The first-order chi connectivity index (χ1) is 59.4. The molecular weight excluding hydrogens is 1640 g/mol. The number of nitrogens with zero attached hydrogens (tertiary/aromatic N) is 24. The number of rotatable bonds is 10. The summed E-state index contributed by atoms with van der Waals surface area (Å²) in [4.78, 5) is 72.3. The van der Waals surface area contributed by atoms with Crippen molar-refractivity contribution in [3.05, 3.63) is 75.9 Å². The van der Waals surface area contributed by atoms with Crippen LogP contribution in [-0.4, -0.2) is 355 Å². The standard InChI is InChI=1S/4C12H15N5O4.2C11H13N5O4/c4*13-9-6-10(15-3-14-9)17(4-16-6)11-7(19)8(20)12(21-11)1-5(12)2-18;2*12-8-5-9(14-2-13-8)16(3-15-5)10-6(18)7(19)11(20-10)1-4(11)17/h4*3-5,7-8,11,18-20H,1-2H2,(H2,13,14,15);2*2-4,6-7,10,17-19H,1H2,(H2,12,13,14)/t5-,7+,8?,11-,12+;5-,7+,8?,11-,12-;5-,7-,8?,11+,12+;5-,7-,8?,11+,12-;4-,6+,7?,10-,11+;4-,6-,7?,10+,11-/m110010/s1. The first-order valence-corrected chi connectivity index (χ1v) is 39.0. The van der Waals surface area contributed by atoms with Crippen LogP contribution in [0.2, 0.25) is 0 Å². The Balaban J connectivity index is 0.0000000976. The van der Waals surface area contributed by atoms with E-state index in [2.05, 4.69) is 89.7 Å². The van der Waals surface area contributed by atoms with Crippen molar-refractivity contribution in [1.29, 1.82) is 0 Å². The summed E-state index contributed by atoms with van der Waals surface area (Å²) in [7, 11) is 0. The van der Waals surface area contributed by atoms with E-state index in [9.17, 15) is 91.9 Å². The summed E-state index contributed by atoms with van der Waals surface area (Å²) in [6, 6.07) is 0. The van der Waals surface area contributed by atoms with Gasteiger partial charge in [0, 0.05) is 62.9 Å². The molecule has 54 heteroatoms. The van der Waals surface area contributed by atoms with Gasteiger partial charge < -0.3 is 155 Å². The lowest BCUT2D eigenvalue weighted by Gasteiger charge is -2.16. The van der Waals surface area contributed by atoms with E-state index in [1.165, 1.54) is 103 Å².